The molecule has 0 saturated carbocycles. The second kappa shape index (κ2) is 6.22. The summed E-state index contributed by atoms with van der Waals surface area (Å²) in [5.74, 6) is 0.00128. The Hall–Kier alpha value is -2.62. The zero-order valence-electron chi connectivity index (χ0n) is 12.4. The highest BCUT2D eigenvalue weighted by Crippen LogP contribution is 2.17. The third-order valence-electron chi connectivity index (χ3n) is 3.19. The SMILES string of the molecule is CC(=O)c1ccc(NC(=O)Nc2cc(C)ccc2C)cc1. The van der Waals surface area contributed by atoms with Gasteiger partial charge in [0.2, 0.25) is 0 Å². The Balaban J connectivity index is 2.04. The highest BCUT2D eigenvalue weighted by atomic mass is 16.2. The van der Waals surface area contributed by atoms with Crippen molar-refractivity contribution in [3.05, 3.63) is 59.2 Å². The average Bonchev–Trinajstić information content (AvgIpc) is 2.43. The molecule has 0 radical (unpaired) electrons. The van der Waals surface area contributed by atoms with Crippen molar-refractivity contribution >= 4 is 23.2 Å². The predicted octanol–water partition coefficient (Wildman–Crippen LogP) is 4.15. The van der Waals surface area contributed by atoms with Crippen LogP contribution in [0.15, 0.2) is 42.5 Å². The van der Waals surface area contributed by atoms with E-state index in [1.54, 1.807) is 24.3 Å². The Kier molecular flexibility index (Phi) is 4.38. The third-order valence-corrected chi connectivity index (χ3v) is 3.19. The van der Waals surface area contributed by atoms with Gasteiger partial charge in [0.1, 0.15) is 0 Å². The Labute approximate surface area is 124 Å². The molecule has 2 amide bonds. The molecule has 2 aromatic carbocycles. The van der Waals surface area contributed by atoms with Gasteiger partial charge in [0, 0.05) is 16.9 Å². The Bertz CT molecular complexity index is 676. The minimum Gasteiger partial charge on any atom is -0.308 e. The summed E-state index contributed by atoms with van der Waals surface area (Å²) in [4.78, 5) is 23.2. The summed E-state index contributed by atoms with van der Waals surface area (Å²) >= 11 is 0. The van der Waals surface area contributed by atoms with E-state index in [4.69, 9.17) is 0 Å². The van der Waals surface area contributed by atoms with Crippen LogP contribution in [0.1, 0.15) is 28.4 Å². The fourth-order valence-electron chi connectivity index (χ4n) is 1.94. The topological polar surface area (TPSA) is 58.2 Å². The molecule has 21 heavy (non-hydrogen) atoms. The maximum Gasteiger partial charge on any atom is 0.323 e. The molecule has 4 nitrogen and oxygen atoms in total. The van der Waals surface area contributed by atoms with Crippen LogP contribution in [0.2, 0.25) is 0 Å². The van der Waals surface area contributed by atoms with Gasteiger partial charge in [-0.3, -0.25) is 4.79 Å². The van der Waals surface area contributed by atoms with Crippen LogP contribution in [0.4, 0.5) is 16.2 Å². The molecule has 0 aliphatic rings. The number of hydrogen-bond donors (Lipinski definition) is 2. The van der Waals surface area contributed by atoms with E-state index < -0.39 is 0 Å². The molecular weight excluding hydrogens is 264 g/mol. The summed E-state index contributed by atoms with van der Waals surface area (Å²) in [5, 5.41) is 5.56. The number of Topliss-reactive ketones (excluding diaryl/α,β-unsaturated/α-hetero) is 1. The Morgan fingerprint density at radius 3 is 2.19 bits per heavy atom. The first-order valence-corrected chi connectivity index (χ1v) is 6.72. The summed E-state index contributed by atoms with van der Waals surface area (Å²) in [7, 11) is 0. The second-order valence-electron chi connectivity index (χ2n) is 5.03. The lowest BCUT2D eigenvalue weighted by Gasteiger charge is -2.11. The second-order valence-corrected chi connectivity index (χ2v) is 5.03. The average molecular weight is 282 g/mol. The van der Waals surface area contributed by atoms with Gasteiger partial charge >= 0.3 is 6.03 Å². The van der Waals surface area contributed by atoms with E-state index in [0.29, 0.717) is 11.3 Å². The first-order valence-electron chi connectivity index (χ1n) is 6.72. The van der Waals surface area contributed by atoms with E-state index in [9.17, 15) is 9.59 Å². The standard InChI is InChI=1S/C17H18N2O2/c1-11-4-5-12(2)16(10-11)19-17(21)18-15-8-6-14(7-9-15)13(3)20/h4-10H,1-3H3,(H2,18,19,21). The molecule has 0 bridgehead atoms. The minimum atomic E-state index is -0.306. The number of nitrogens with one attached hydrogen (secondary N) is 2. The first kappa shape index (κ1) is 14.8. The number of hydrogen-bond acceptors (Lipinski definition) is 2. The number of urea groups is 1. The molecular formula is C17H18N2O2. The Morgan fingerprint density at radius 2 is 1.57 bits per heavy atom. The van der Waals surface area contributed by atoms with Gasteiger partial charge < -0.3 is 10.6 Å². The van der Waals surface area contributed by atoms with Crippen LogP contribution < -0.4 is 10.6 Å². The fraction of sp³-hybridized carbons (Fsp3) is 0.176. The lowest BCUT2D eigenvalue weighted by atomic mass is 10.1. The van der Waals surface area contributed by atoms with Crippen molar-refractivity contribution in [3.63, 3.8) is 0 Å². The summed E-state index contributed by atoms with van der Waals surface area (Å²) in [6.45, 7) is 5.43. The minimum absolute atomic E-state index is 0.00128. The molecule has 0 fully saturated rings. The summed E-state index contributed by atoms with van der Waals surface area (Å²) < 4.78 is 0. The van der Waals surface area contributed by atoms with Gasteiger partial charge in [-0.2, -0.15) is 0 Å². The van der Waals surface area contributed by atoms with Crippen LogP contribution in [0.5, 0.6) is 0 Å². The number of carbonyl (C=O) groups is 2. The van der Waals surface area contributed by atoms with E-state index in [2.05, 4.69) is 10.6 Å². The number of carbonyl (C=O) groups excluding carboxylic acids is 2. The number of ketones is 1. The van der Waals surface area contributed by atoms with Gasteiger partial charge in [0.25, 0.3) is 0 Å². The van der Waals surface area contributed by atoms with Crippen LogP contribution in [0.3, 0.4) is 0 Å². The van der Waals surface area contributed by atoms with Crippen molar-refractivity contribution in [2.75, 3.05) is 10.6 Å². The lowest BCUT2D eigenvalue weighted by Crippen LogP contribution is -2.20. The zero-order valence-corrected chi connectivity index (χ0v) is 12.4. The van der Waals surface area contributed by atoms with Crippen molar-refractivity contribution in [1.29, 1.82) is 0 Å². The van der Waals surface area contributed by atoms with Crippen molar-refractivity contribution in [2.45, 2.75) is 20.8 Å². The van der Waals surface area contributed by atoms with E-state index in [1.807, 2.05) is 32.0 Å². The summed E-state index contributed by atoms with van der Waals surface area (Å²) in [6, 6.07) is 12.4. The van der Waals surface area contributed by atoms with Crippen LogP contribution in [-0.2, 0) is 0 Å². The van der Waals surface area contributed by atoms with Gasteiger partial charge in [-0.25, -0.2) is 4.79 Å². The van der Waals surface area contributed by atoms with Crippen molar-refractivity contribution in [3.8, 4) is 0 Å². The number of amides is 2. The molecule has 0 aliphatic heterocycles. The van der Waals surface area contributed by atoms with Crippen LogP contribution in [0.25, 0.3) is 0 Å². The number of aryl methyl sites for hydroxylation is 2. The molecule has 0 heterocycles. The van der Waals surface area contributed by atoms with Gasteiger partial charge in [-0.05, 0) is 62.2 Å². The molecule has 2 N–H and O–H groups in total. The summed E-state index contributed by atoms with van der Waals surface area (Å²) in [6.07, 6.45) is 0. The highest BCUT2D eigenvalue weighted by molar-refractivity contribution is 6.01. The van der Waals surface area contributed by atoms with Gasteiger partial charge in [-0.1, -0.05) is 12.1 Å². The van der Waals surface area contributed by atoms with Crippen molar-refractivity contribution in [1.82, 2.24) is 0 Å². The predicted molar refractivity (Wildman–Crippen MR) is 85.0 cm³/mol. The molecule has 108 valence electrons. The monoisotopic (exact) mass is 282 g/mol. The maximum atomic E-state index is 12.0. The Morgan fingerprint density at radius 1 is 0.905 bits per heavy atom. The largest absolute Gasteiger partial charge is 0.323 e. The van der Waals surface area contributed by atoms with E-state index in [0.717, 1.165) is 16.8 Å². The molecule has 4 heteroatoms. The number of anilines is 2. The first-order chi connectivity index (χ1) is 9.95. The molecule has 0 spiro atoms. The van der Waals surface area contributed by atoms with Gasteiger partial charge in [0.15, 0.2) is 5.78 Å². The fourth-order valence-corrected chi connectivity index (χ4v) is 1.94. The summed E-state index contributed by atoms with van der Waals surface area (Å²) in [5.41, 5.74) is 4.13. The van der Waals surface area contributed by atoms with Crippen molar-refractivity contribution < 1.29 is 9.59 Å². The van der Waals surface area contributed by atoms with Crippen LogP contribution >= 0.6 is 0 Å². The van der Waals surface area contributed by atoms with Gasteiger partial charge in [-0.15, -0.1) is 0 Å². The van der Waals surface area contributed by atoms with E-state index >= 15 is 0 Å². The smallest absolute Gasteiger partial charge is 0.308 e. The quantitative estimate of drug-likeness (QED) is 0.831. The van der Waals surface area contributed by atoms with Gasteiger partial charge in [0.05, 0.1) is 0 Å². The normalized spacial score (nSPS) is 10.0. The van der Waals surface area contributed by atoms with E-state index in [-0.39, 0.29) is 11.8 Å². The van der Waals surface area contributed by atoms with Crippen molar-refractivity contribution in [2.24, 2.45) is 0 Å². The highest BCUT2D eigenvalue weighted by Gasteiger charge is 2.06. The number of benzene rings is 2. The molecule has 0 saturated heterocycles. The maximum absolute atomic E-state index is 12.0. The zero-order chi connectivity index (χ0) is 15.4. The van der Waals surface area contributed by atoms with Crippen LogP contribution in [0, 0.1) is 13.8 Å². The third kappa shape index (κ3) is 3.92. The molecule has 2 rings (SSSR count). The number of rotatable bonds is 3. The molecule has 0 atom stereocenters. The molecule has 0 aliphatic carbocycles. The van der Waals surface area contributed by atoms with Crippen LogP contribution in [-0.4, -0.2) is 11.8 Å². The molecule has 0 aromatic heterocycles. The lowest BCUT2D eigenvalue weighted by molar-refractivity contribution is 0.101. The van der Waals surface area contributed by atoms with E-state index in [1.165, 1.54) is 6.92 Å². The molecule has 0 unspecified atom stereocenters. The molecule has 2 aromatic rings.